The molecular formula is C81H94O5. The summed E-state index contributed by atoms with van der Waals surface area (Å²) in [6, 6.07) is 48.1. The number of benzene rings is 5. The van der Waals surface area contributed by atoms with Gasteiger partial charge in [0.1, 0.15) is 5.75 Å². The Bertz CT molecular complexity index is 3600. The van der Waals surface area contributed by atoms with Crippen molar-refractivity contribution >= 4 is 17.6 Å². The zero-order chi connectivity index (χ0) is 59.2. The molecule has 4 fully saturated rings. The van der Waals surface area contributed by atoms with Gasteiger partial charge in [0.05, 0.1) is 18.1 Å². The number of fused-ring (bicyclic) bond motifs is 4. The number of aromatic hydroxyl groups is 1. The Hall–Kier alpha value is -6.01. The van der Waals surface area contributed by atoms with Crippen LogP contribution < -0.4 is 10.4 Å². The van der Waals surface area contributed by atoms with Crippen LogP contribution in [0, 0.1) is 74.4 Å². The maximum absolute atomic E-state index is 14.4. The second kappa shape index (κ2) is 22.5. The fourth-order valence-electron chi connectivity index (χ4n) is 22.2. The van der Waals surface area contributed by atoms with Crippen molar-refractivity contribution in [2.45, 2.75) is 174 Å². The average Bonchev–Trinajstić information content (AvgIpc) is 0.932. The number of aliphatic hydroxyl groups excluding tert-OH is 2. The van der Waals surface area contributed by atoms with Crippen molar-refractivity contribution in [3.63, 3.8) is 0 Å². The highest BCUT2D eigenvalue weighted by Gasteiger charge is 2.76. The molecule has 448 valence electrons. The molecule has 4 N–H and O–H groups in total. The average molecular weight is 1150 g/mol. The summed E-state index contributed by atoms with van der Waals surface area (Å²) in [6.07, 6.45) is 29.9. The third-order valence-electron chi connectivity index (χ3n) is 26.0. The Morgan fingerprint density at radius 3 is 2.21 bits per heavy atom. The summed E-state index contributed by atoms with van der Waals surface area (Å²) < 4.78 is 0. The van der Waals surface area contributed by atoms with Crippen molar-refractivity contribution in [2.75, 3.05) is 0 Å². The van der Waals surface area contributed by atoms with Gasteiger partial charge in [0.2, 0.25) is 0 Å². The predicted molar refractivity (Wildman–Crippen MR) is 348 cm³/mol. The minimum Gasteiger partial charge on any atom is -0.508 e. The molecule has 9 aliphatic carbocycles. The quantitative estimate of drug-likeness (QED) is 0.0738. The molecule has 0 aliphatic heterocycles. The summed E-state index contributed by atoms with van der Waals surface area (Å²) in [6.45, 7) is 12.0. The van der Waals surface area contributed by atoms with Gasteiger partial charge in [0, 0.05) is 33.5 Å². The van der Waals surface area contributed by atoms with Crippen LogP contribution in [-0.2, 0) is 17.6 Å². The molecule has 86 heavy (non-hydrogen) atoms. The number of phenolic OH excluding ortho intramolecular Hbond substituents is 1. The summed E-state index contributed by atoms with van der Waals surface area (Å²) >= 11 is 0. The third kappa shape index (κ3) is 9.30. The predicted octanol–water partition coefficient (Wildman–Crippen LogP) is 16.9. The van der Waals surface area contributed by atoms with Crippen LogP contribution in [0.5, 0.6) is 5.75 Å². The number of hydrogen-bond acceptors (Lipinski definition) is 4. The van der Waals surface area contributed by atoms with E-state index in [1.165, 1.54) is 76.0 Å². The molecule has 13 atom stereocenters. The van der Waals surface area contributed by atoms with Crippen LogP contribution in [-0.4, -0.2) is 38.6 Å². The van der Waals surface area contributed by atoms with Crippen molar-refractivity contribution in [1.82, 2.24) is 0 Å². The summed E-state index contributed by atoms with van der Waals surface area (Å²) in [4.78, 5) is 14.4. The molecule has 0 saturated heterocycles. The van der Waals surface area contributed by atoms with E-state index in [0.29, 0.717) is 42.9 Å². The van der Waals surface area contributed by atoms with Gasteiger partial charge in [-0.1, -0.05) is 209 Å². The molecule has 0 spiro atoms. The van der Waals surface area contributed by atoms with Crippen LogP contribution in [0.3, 0.4) is 0 Å². The van der Waals surface area contributed by atoms with Gasteiger partial charge in [-0.3, -0.25) is 4.79 Å². The fourth-order valence-corrected chi connectivity index (χ4v) is 22.2. The van der Waals surface area contributed by atoms with Gasteiger partial charge in [-0.2, -0.15) is 0 Å². The van der Waals surface area contributed by atoms with Gasteiger partial charge >= 0.3 is 5.97 Å². The SMILES string of the molecule is C=C(CC[C@@H](C(=O)O)[C@H]1[C@H](O)C[C@@]2(C3CCC([C@H](CCc4ccccc4)c4ccccc4)CC3)C3=C(CC[C@]12C)[C@]12CC[C@H](O)[C@@]4(C)CC=C[C@@](C=C5C(Cc6cccc(-c7ccc(O)cc7)c6)=c6ccccc6=C[C@@H]51)(C3)[C@@H]42)[C@@H](C)C1CCCCC1. The van der Waals surface area contributed by atoms with E-state index in [1.807, 2.05) is 12.1 Å². The molecular weight excluding hydrogens is 1050 g/mol. The Balaban J connectivity index is 0.905. The first-order valence-corrected chi connectivity index (χ1v) is 33.9. The van der Waals surface area contributed by atoms with Crippen molar-refractivity contribution in [2.24, 2.45) is 74.4 Å². The number of aliphatic hydroxyl groups is 2. The molecule has 2 bridgehead atoms. The number of carbonyl (C=O) groups is 1. The zero-order valence-corrected chi connectivity index (χ0v) is 51.6. The maximum Gasteiger partial charge on any atom is 0.306 e. The van der Waals surface area contributed by atoms with Crippen molar-refractivity contribution in [3.05, 3.63) is 208 Å². The number of phenols is 1. The van der Waals surface area contributed by atoms with Crippen LogP contribution >= 0.6 is 0 Å². The first-order chi connectivity index (χ1) is 41.7. The number of aryl methyl sites for hydroxylation is 1. The van der Waals surface area contributed by atoms with Gasteiger partial charge in [-0.25, -0.2) is 0 Å². The van der Waals surface area contributed by atoms with Gasteiger partial charge < -0.3 is 20.4 Å². The smallest absolute Gasteiger partial charge is 0.306 e. The lowest BCUT2D eigenvalue weighted by molar-refractivity contribution is -0.164. The molecule has 0 heterocycles. The Labute approximate surface area is 512 Å². The summed E-state index contributed by atoms with van der Waals surface area (Å²) in [5, 5.41) is 50.8. The van der Waals surface area contributed by atoms with Crippen molar-refractivity contribution in [3.8, 4) is 16.9 Å². The molecule has 0 radical (unpaired) electrons. The van der Waals surface area contributed by atoms with Crippen LogP contribution in [0.15, 0.2) is 181 Å². The van der Waals surface area contributed by atoms with Crippen LogP contribution in [0.4, 0.5) is 0 Å². The first-order valence-electron chi connectivity index (χ1n) is 33.9. The van der Waals surface area contributed by atoms with E-state index in [0.717, 1.165) is 94.6 Å². The number of allylic oxidation sites excluding steroid dienone is 7. The monoisotopic (exact) mass is 1150 g/mol. The topological polar surface area (TPSA) is 98.0 Å². The van der Waals surface area contributed by atoms with E-state index in [1.54, 1.807) is 23.3 Å². The van der Waals surface area contributed by atoms with Crippen molar-refractivity contribution in [1.29, 1.82) is 0 Å². The van der Waals surface area contributed by atoms with E-state index in [-0.39, 0.29) is 34.3 Å². The molecule has 14 rings (SSSR count). The lowest BCUT2D eigenvalue weighted by Crippen LogP contribution is -2.68. The summed E-state index contributed by atoms with van der Waals surface area (Å²) in [5.41, 5.74) is 11.7. The first kappa shape index (κ1) is 57.7. The number of aliphatic carboxylic acids is 1. The van der Waals surface area contributed by atoms with Gasteiger partial charge in [-0.15, -0.1) is 0 Å². The van der Waals surface area contributed by atoms with Crippen LogP contribution in [0.25, 0.3) is 22.8 Å². The van der Waals surface area contributed by atoms with E-state index in [9.17, 15) is 25.2 Å². The highest BCUT2D eigenvalue weighted by molar-refractivity contribution is 5.77. The minimum atomic E-state index is -0.749. The second-order valence-corrected chi connectivity index (χ2v) is 29.8. The fraction of sp³-hybridized carbons (Fsp3) is 0.494. The minimum absolute atomic E-state index is 0.0777. The molecule has 5 nitrogen and oxygen atoms in total. The number of carboxylic acids is 1. The Morgan fingerprint density at radius 2 is 1.45 bits per heavy atom. The number of hydrogen-bond donors (Lipinski definition) is 4. The van der Waals surface area contributed by atoms with E-state index >= 15 is 0 Å². The Kier molecular flexibility index (Phi) is 15.1. The molecule has 0 amide bonds. The summed E-state index contributed by atoms with van der Waals surface area (Å²) in [5.74, 6) is 0.922. The molecule has 4 saturated carbocycles. The van der Waals surface area contributed by atoms with Gasteiger partial charge in [-0.05, 0) is 218 Å². The molecule has 5 aromatic carbocycles. The van der Waals surface area contributed by atoms with E-state index < -0.39 is 46.3 Å². The lowest BCUT2D eigenvalue weighted by Gasteiger charge is -2.73. The molecule has 5 heteroatoms. The maximum atomic E-state index is 14.4. The normalized spacial score (nSPS) is 34.5. The van der Waals surface area contributed by atoms with E-state index in [2.05, 4.69) is 154 Å². The Morgan fingerprint density at radius 1 is 0.733 bits per heavy atom. The van der Waals surface area contributed by atoms with Gasteiger partial charge in [0.25, 0.3) is 0 Å². The molecule has 0 aromatic heterocycles. The highest BCUT2D eigenvalue weighted by atomic mass is 16.4. The standard InChI is InChI=1S/C81H94O5/c1-52(53(2)56-21-10-6-11-22-56)28-38-66(75(85)86)74-72(83)51-81(62-34-30-59(31-35-62)64(58-23-12-7-13-24-58)39-29-54-18-8-5-9-19-54)71-50-79-43-17-42-77(3)73(84)41-45-80(76(77)79,69(71)40-44-78(74,81)4)70-48-61-25-14-15-27-65(61)67(68(70)49-79)47-55-20-16-26-60(46-55)57-32-36-63(82)37-33-57/h5,7-9,12-20,23-27,32-33,36-37,43,46,48-49,53,56,59,62,64,66,70,72-74,76,82-84H,1,6,10-11,21-22,28-31,34-35,38-42,44-45,47,50-51H2,2-4H3,(H,85,86)/t53-,59?,62?,64-,66-,70+,72-,73+,74+,76-,77-,78-,79-,80-,81-/m1/s1. The second-order valence-electron chi connectivity index (χ2n) is 29.8. The highest BCUT2D eigenvalue weighted by Crippen LogP contribution is 2.82. The van der Waals surface area contributed by atoms with Gasteiger partial charge in [0.15, 0.2) is 0 Å². The zero-order valence-electron chi connectivity index (χ0n) is 51.6. The largest absolute Gasteiger partial charge is 0.508 e. The molecule has 5 aromatic rings. The summed E-state index contributed by atoms with van der Waals surface area (Å²) in [7, 11) is 0. The lowest BCUT2D eigenvalue weighted by atomic mass is 9.30. The molecule has 9 aliphatic rings. The molecule has 0 unspecified atom stereocenters. The van der Waals surface area contributed by atoms with E-state index in [4.69, 9.17) is 6.58 Å². The third-order valence-corrected chi connectivity index (χ3v) is 26.0. The van der Waals surface area contributed by atoms with Crippen LogP contribution in [0.1, 0.15) is 165 Å². The number of carboxylic acid groups (broad SMARTS) is 1. The van der Waals surface area contributed by atoms with Crippen molar-refractivity contribution < 1.29 is 25.2 Å². The van der Waals surface area contributed by atoms with Crippen LogP contribution in [0.2, 0.25) is 0 Å². The number of rotatable bonds is 16.